The maximum absolute atomic E-state index is 11.5. The molecule has 2 aliphatic heterocycles. The third-order valence-electron chi connectivity index (χ3n) is 2.85. The lowest BCUT2D eigenvalue weighted by atomic mass is 10.1. The van der Waals surface area contributed by atoms with Gasteiger partial charge in [-0.2, -0.15) is 0 Å². The highest BCUT2D eigenvalue weighted by Gasteiger charge is 2.33. The van der Waals surface area contributed by atoms with Crippen molar-refractivity contribution in [3.05, 3.63) is 0 Å². The molecule has 0 aromatic heterocycles. The zero-order valence-electron chi connectivity index (χ0n) is 7.82. The number of rotatable bonds is 0. The molecule has 0 aromatic carbocycles. The number of fused-ring (bicyclic) bond motifs is 2. The number of nitrogens with zero attached hydrogens (tertiary/aromatic N) is 2. The molecule has 2 atom stereocenters. The summed E-state index contributed by atoms with van der Waals surface area (Å²) in [5.74, 6) is 0.365. The third kappa shape index (κ3) is 1.58. The summed E-state index contributed by atoms with van der Waals surface area (Å²) in [6, 6.07) is 0. The van der Waals surface area contributed by atoms with E-state index in [0.29, 0.717) is 19.0 Å². The number of carbonyl (C=O) groups excluding carboxylic acids is 2. The number of hydrogen-bond acceptors (Lipinski definition) is 3. The first-order valence-corrected chi connectivity index (χ1v) is 4.70. The molecule has 13 heavy (non-hydrogen) atoms. The molecule has 4 nitrogen and oxygen atoms in total. The quantitative estimate of drug-likeness (QED) is 0.516. The van der Waals surface area contributed by atoms with Gasteiger partial charge in [-0.05, 0) is 18.9 Å². The highest BCUT2D eigenvalue weighted by molar-refractivity contribution is 5.95. The molecule has 2 aliphatic rings. The Hall–Kier alpha value is -0.900. The van der Waals surface area contributed by atoms with Gasteiger partial charge in [-0.3, -0.25) is 19.4 Å². The van der Waals surface area contributed by atoms with E-state index in [2.05, 4.69) is 4.90 Å². The van der Waals surface area contributed by atoms with Gasteiger partial charge < -0.3 is 0 Å². The highest BCUT2D eigenvalue weighted by Crippen LogP contribution is 2.20. The molecular formula is C9H14N2O2. The zero-order chi connectivity index (χ0) is 9.42. The van der Waals surface area contributed by atoms with Crippen molar-refractivity contribution in [2.24, 2.45) is 5.92 Å². The molecule has 0 spiro atoms. The van der Waals surface area contributed by atoms with Crippen LogP contribution < -0.4 is 0 Å². The molecule has 0 saturated carbocycles. The Morgan fingerprint density at radius 2 is 2.23 bits per heavy atom. The predicted molar refractivity (Wildman–Crippen MR) is 46.9 cm³/mol. The summed E-state index contributed by atoms with van der Waals surface area (Å²) in [6.45, 7) is 4.52. The summed E-state index contributed by atoms with van der Waals surface area (Å²) in [7, 11) is 0. The smallest absolute Gasteiger partial charge is 0.243 e. The molecule has 0 aliphatic carbocycles. The molecule has 0 N–H and O–H groups in total. The SMILES string of the molecule is CC(=O)N1CC2CCN(CC1=O)C2. The van der Waals surface area contributed by atoms with Gasteiger partial charge in [0.05, 0.1) is 6.54 Å². The van der Waals surface area contributed by atoms with Crippen molar-refractivity contribution >= 4 is 11.8 Å². The minimum atomic E-state index is -0.112. The molecule has 72 valence electrons. The third-order valence-corrected chi connectivity index (χ3v) is 2.85. The highest BCUT2D eigenvalue weighted by atomic mass is 16.2. The molecule has 2 saturated heterocycles. The second kappa shape index (κ2) is 3.10. The van der Waals surface area contributed by atoms with Crippen molar-refractivity contribution in [1.29, 1.82) is 0 Å². The lowest BCUT2D eigenvalue weighted by Crippen LogP contribution is -2.41. The molecule has 2 fully saturated rings. The van der Waals surface area contributed by atoms with Crippen LogP contribution in [0.3, 0.4) is 0 Å². The van der Waals surface area contributed by atoms with E-state index in [1.807, 2.05) is 0 Å². The van der Waals surface area contributed by atoms with Crippen LogP contribution in [-0.2, 0) is 9.59 Å². The van der Waals surface area contributed by atoms with Crippen LogP contribution in [0, 0.1) is 5.92 Å². The van der Waals surface area contributed by atoms with Crippen LogP contribution in [0.2, 0.25) is 0 Å². The Labute approximate surface area is 77.5 Å². The molecule has 4 heteroatoms. The van der Waals surface area contributed by atoms with Crippen molar-refractivity contribution < 1.29 is 9.59 Å². The van der Waals surface area contributed by atoms with Crippen LogP contribution in [0.25, 0.3) is 0 Å². The minimum absolute atomic E-state index is 0.0327. The van der Waals surface area contributed by atoms with Gasteiger partial charge in [-0.1, -0.05) is 0 Å². The van der Waals surface area contributed by atoms with Gasteiger partial charge in [0.1, 0.15) is 0 Å². The maximum Gasteiger partial charge on any atom is 0.243 e. The summed E-state index contributed by atoms with van der Waals surface area (Å²) < 4.78 is 0. The summed E-state index contributed by atoms with van der Waals surface area (Å²) in [4.78, 5) is 26.2. The number of hydrogen-bond donors (Lipinski definition) is 0. The summed E-state index contributed by atoms with van der Waals surface area (Å²) in [5, 5.41) is 0. The van der Waals surface area contributed by atoms with Gasteiger partial charge in [0, 0.05) is 20.0 Å². The Morgan fingerprint density at radius 1 is 1.46 bits per heavy atom. The number of imide groups is 1. The van der Waals surface area contributed by atoms with Crippen molar-refractivity contribution in [2.75, 3.05) is 26.2 Å². The fraction of sp³-hybridized carbons (Fsp3) is 0.778. The average Bonchev–Trinajstić information content (AvgIpc) is 2.38. The molecule has 2 heterocycles. The van der Waals surface area contributed by atoms with E-state index < -0.39 is 0 Å². The summed E-state index contributed by atoms with van der Waals surface area (Å²) in [5.41, 5.74) is 0. The topological polar surface area (TPSA) is 40.6 Å². The van der Waals surface area contributed by atoms with Crippen LogP contribution in [0.4, 0.5) is 0 Å². The lowest BCUT2D eigenvalue weighted by Gasteiger charge is -2.21. The van der Waals surface area contributed by atoms with Gasteiger partial charge in [-0.15, -0.1) is 0 Å². The maximum atomic E-state index is 11.5. The standard InChI is InChI=1S/C9H14N2O2/c1-7(12)11-5-8-2-3-10(4-8)6-9(11)13/h8H,2-6H2,1H3. The fourth-order valence-corrected chi connectivity index (χ4v) is 2.15. The van der Waals surface area contributed by atoms with Crippen molar-refractivity contribution in [2.45, 2.75) is 13.3 Å². The first-order valence-electron chi connectivity index (χ1n) is 4.70. The average molecular weight is 182 g/mol. The minimum Gasteiger partial charge on any atom is -0.294 e. The Balaban J connectivity index is 2.13. The van der Waals surface area contributed by atoms with E-state index in [-0.39, 0.29) is 11.8 Å². The monoisotopic (exact) mass is 182 g/mol. The first-order chi connectivity index (χ1) is 6.16. The van der Waals surface area contributed by atoms with E-state index in [4.69, 9.17) is 0 Å². The van der Waals surface area contributed by atoms with Crippen molar-refractivity contribution in [3.63, 3.8) is 0 Å². The van der Waals surface area contributed by atoms with Crippen LogP contribution in [-0.4, -0.2) is 47.8 Å². The Kier molecular flexibility index (Phi) is 2.07. The summed E-state index contributed by atoms with van der Waals surface area (Å²) >= 11 is 0. The van der Waals surface area contributed by atoms with Crippen molar-refractivity contribution in [3.8, 4) is 0 Å². The van der Waals surface area contributed by atoms with Crippen LogP contribution in [0.15, 0.2) is 0 Å². The predicted octanol–water partition coefficient (Wildman–Crippen LogP) is -0.303. The molecular weight excluding hydrogens is 168 g/mol. The molecule has 0 radical (unpaired) electrons. The molecule has 2 unspecified atom stereocenters. The number of carbonyl (C=O) groups is 2. The molecule has 0 aromatic rings. The van der Waals surface area contributed by atoms with Crippen LogP contribution in [0.5, 0.6) is 0 Å². The molecule has 2 bridgehead atoms. The second-order valence-corrected chi connectivity index (χ2v) is 3.91. The second-order valence-electron chi connectivity index (χ2n) is 3.91. The van der Waals surface area contributed by atoms with Gasteiger partial charge in [0.2, 0.25) is 11.8 Å². The zero-order valence-corrected chi connectivity index (χ0v) is 7.82. The fourth-order valence-electron chi connectivity index (χ4n) is 2.15. The van der Waals surface area contributed by atoms with E-state index in [9.17, 15) is 9.59 Å². The number of amides is 2. The van der Waals surface area contributed by atoms with E-state index in [1.165, 1.54) is 11.8 Å². The first kappa shape index (κ1) is 8.69. The normalized spacial score (nSPS) is 33.3. The largest absolute Gasteiger partial charge is 0.294 e. The van der Waals surface area contributed by atoms with Gasteiger partial charge in [0.25, 0.3) is 0 Å². The lowest BCUT2D eigenvalue weighted by molar-refractivity contribution is -0.143. The summed E-state index contributed by atoms with van der Waals surface area (Å²) in [6.07, 6.45) is 1.12. The van der Waals surface area contributed by atoms with Crippen LogP contribution in [0.1, 0.15) is 13.3 Å². The Morgan fingerprint density at radius 3 is 2.92 bits per heavy atom. The van der Waals surface area contributed by atoms with E-state index in [1.54, 1.807) is 0 Å². The van der Waals surface area contributed by atoms with E-state index >= 15 is 0 Å². The van der Waals surface area contributed by atoms with Crippen LogP contribution >= 0.6 is 0 Å². The molecule has 2 amide bonds. The van der Waals surface area contributed by atoms with Crippen molar-refractivity contribution in [1.82, 2.24) is 9.80 Å². The van der Waals surface area contributed by atoms with Gasteiger partial charge in [-0.25, -0.2) is 0 Å². The van der Waals surface area contributed by atoms with E-state index in [0.717, 1.165) is 19.5 Å². The van der Waals surface area contributed by atoms with Gasteiger partial charge >= 0.3 is 0 Å². The Bertz CT molecular complexity index is 252. The molecule has 2 rings (SSSR count). The van der Waals surface area contributed by atoms with Gasteiger partial charge in [0.15, 0.2) is 0 Å².